The van der Waals surface area contributed by atoms with Crippen molar-refractivity contribution in [2.45, 2.75) is 26.3 Å². The molecule has 0 bridgehead atoms. The van der Waals surface area contributed by atoms with Crippen molar-refractivity contribution in [3.05, 3.63) is 56.3 Å². The van der Waals surface area contributed by atoms with Crippen LogP contribution >= 0.6 is 11.3 Å². The van der Waals surface area contributed by atoms with Crippen LogP contribution < -0.4 is 4.90 Å². The third kappa shape index (κ3) is 4.04. The maximum atomic E-state index is 12.7. The Bertz CT molecular complexity index is 783. The third-order valence-corrected chi connectivity index (χ3v) is 5.62. The minimum absolute atomic E-state index is 0.00864. The molecular weight excluding hydrogens is 350 g/mol. The number of nitrogens with zero attached hydrogens (tertiary/aromatic N) is 3. The molecule has 0 aliphatic carbocycles. The second-order valence-electron chi connectivity index (χ2n) is 6.92. The number of carbonyl (C=O) groups is 1. The van der Waals surface area contributed by atoms with Crippen LogP contribution in [0.1, 0.15) is 35.7 Å². The number of thiophene rings is 1. The first-order valence-electron chi connectivity index (χ1n) is 8.75. The predicted octanol–water partition coefficient (Wildman–Crippen LogP) is 4.16. The SMILES string of the molecule is CC1CCN(c2ccc(C(=O)N(C)Cc3ccsc3)cc2[N+](=O)[O-])CC1. The first-order valence-corrected chi connectivity index (χ1v) is 9.70. The highest BCUT2D eigenvalue weighted by molar-refractivity contribution is 7.07. The second kappa shape index (κ2) is 7.86. The molecule has 3 rings (SSSR count). The van der Waals surface area contributed by atoms with Gasteiger partial charge in [0, 0.05) is 38.3 Å². The molecule has 0 spiro atoms. The summed E-state index contributed by atoms with van der Waals surface area (Å²) in [6, 6.07) is 6.81. The number of nitro benzene ring substituents is 1. The maximum Gasteiger partial charge on any atom is 0.293 e. The van der Waals surface area contributed by atoms with Gasteiger partial charge in [0.05, 0.1) is 4.92 Å². The van der Waals surface area contributed by atoms with Crippen LogP contribution in [0.15, 0.2) is 35.0 Å². The van der Waals surface area contributed by atoms with Crippen LogP contribution in [-0.4, -0.2) is 35.9 Å². The number of benzene rings is 1. The molecule has 1 amide bonds. The summed E-state index contributed by atoms with van der Waals surface area (Å²) in [6.45, 7) is 4.32. The lowest BCUT2D eigenvalue weighted by atomic mass is 9.98. The van der Waals surface area contributed by atoms with Gasteiger partial charge in [-0.1, -0.05) is 6.92 Å². The van der Waals surface area contributed by atoms with E-state index in [2.05, 4.69) is 11.8 Å². The lowest BCUT2D eigenvalue weighted by Crippen LogP contribution is -2.33. The van der Waals surface area contributed by atoms with E-state index in [0.29, 0.717) is 23.7 Å². The summed E-state index contributed by atoms with van der Waals surface area (Å²) in [5, 5.41) is 15.5. The standard InChI is InChI=1S/C19H23N3O3S/c1-14-5-8-21(9-6-14)17-4-3-16(11-18(17)22(24)25)19(23)20(2)12-15-7-10-26-13-15/h3-4,7,10-11,13-14H,5-6,8-9,12H2,1-2H3. The van der Waals surface area contributed by atoms with Crippen LogP contribution in [0.5, 0.6) is 0 Å². The zero-order valence-electron chi connectivity index (χ0n) is 15.1. The van der Waals surface area contributed by atoms with E-state index in [1.165, 1.54) is 6.07 Å². The molecular formula is C19H23N3O3S. The lowest BCUT2D eigenvalue weighted by Gasteiger charge is -2.31. The van der Waals surface area contributed by atoms with Crippen molar-refractivity contribution in [3.8, 4) is 0 Å². The van der Waals surface area contributed by atoms with Gasteiger partial charge in [-0.25, -0.2) is 0 Å². The fraction of sp³-hybridized carbons (Fsp3) is 0.421. The molecule has 2 heterocycles. The Balaban J connectivity index is 1.81. The first kappa shape index (κ1) is 18.4. The van der Waals surface area contributed by atoms with Crippen molar-refractivity contribution in [2.24, 2.45) is 5.92 Å². The minimum atomic E-state index is -0.386. The van der Waals surface area contributed by atoms with Crippen molar-refractivity contribution in [1.29, 1.82) is 0 Å². The van der Waals surface area contributed by atoms with Crippen LogP contribution in [0.4, 0.5) is 11.4 Å². The number of nitro groups is 1. The molecule has 0 N–H and O–H groups in total. The van der Waals surface area contributed by atoms with Gasteiger partial charge in [-0.2, -0.15) is 11.3 Å². The molecule has 1 aliphatic rings. The average Bonchev–Trinajstić information content (AvgIpc) is 3.14. The van der Waals surface area contributed by atoms with E-state index in [4.69, 9.17) is 0 Å². The predicted molar refractivity (Wildman–Crippen MR) is 104 cm³/mol. The van der Waals surface area contributed by atoms with E-state index in [1.807, 2.05) is 16.8 Å². The van der Waals surface area contributed by atoms with Gasteiger partial charge < -0.3 is 9.80 Å². The number of anilines is 1. The third-order valence-electron chi connectivity index (χ3n) is 4.89. The summed E-state index contributed by atoms with van der Waals surface area (Å²) in [6.07, 6.45) is 2.06. The number of hydrogen-bond acceptors (Lipinski definition) is 5. The molecule has 1 aromatic carbocycles. The molecule has 1 aliphatic heterocycles. The minimum Gasteiger partial charge on any atom is -0.366 e. The van der Waals surface area contributed by atoms with E-state index >= 15 is 0 Å². The van der Waals surface area contributed by atoms with E-state index < -0.39 is 0 Å². The van der Waals surface area contributed by atoms with E-state index in [1.54, 1.807) is 35.4 Å². The first-order chi connectivity index (χ1) is 12.5. The molecule has 6 nitrogen and oxygen atoms in total. The van der Waals surface area contributed by atoms with Crippen molar-refractivity contribution in [3.63, 3.8) is 0 Å². The Hall–Kier alpha value is -2.41. The van der Waals surface area contributed by atoms with Crippen molar-refractivity contribution < 1.29 is 9.72 Å². The van der Waals surface area contributed by atoms with E-state index in [0.717, 1.165) is 31.5 Å². The van der Waals surface area contributed by atoms with E-state index in [9.17, 15) is 14.9 Å². The molecule has 0 saturated carbocycles. The molecule has 1 aromatic heterocycles. The van der Waals surface area contributed by atoms with Crippen LogP contribution in [-0.2, 0) is 6.54 Å². The molecule has 26 heavy (non-hydrogen) atoms. The van der Waals surface area contributed by atoms with Crippen LogP contribution in [0.3, 0.4) is 0 Å². The fourth-order valence-corrected chi connectivity index (χ4v) is 3.93. The molecule has 138 valence electrons. The Morgan fingerprint density at radius 3 is 2.69 bits per heavy atom. The molecule has 1 saturated heterocycles. The lowest BCUT2D eigenvalue weighted by molar-refractivity contribution is -0.384. The molecule has 1 fully saturated rings. The number of rotatable bonds is 5. The van der Waals surface area contributed by atoms with Crippen LogP contribution in [0.2, 0.25) is 0 Å². The molecule has 2 aromatic rings. The highest BCUT2D eigenvalue weighted by Crippen LogP contribution is 2.32. The zero-order chi connectivity index (χ0) is 18.7. The van der Waals surface area contributed by atoms with Gasteiger partial charge in [0.1, 0.15) is 5.69 Å². The Labute approximate surface area is 157 Å². The number of carbonyl (C=O) groups excluding carboxylic acids is 1. The maximum absolute atomic E-state index is 12.7. The highest BCUT2D eigenvalue weighted by atomic mass is 32.1. The normalized spacial score (nSPS) is 15.1. The molecule has 0 radical (unpaired) electrons. The second-order valence-corrected chi connectivity index (χ2v) is 7.70. The molecule has 7 heteroatoms. The monoisotopic (exact) mass is 373 g/mol. The number of piperidine rings is 1. The summed E-state index contributed by atoms with van der Waals surface area (Å²) in [7, 11) is 1.71. The smallest absolute Gasteiger partial charge is 0.293 e. The Morgan fingerprint density at radius 2 is 2.08 bits per heavy atom. The van der Waals surface area contributed by atoms with E-state index in [-0.39, 0.29) is 16.5 Å². The van der Waals surface area contributed by atoms with Gasteiger partial charge in [-0.3, -0.25) is 14.9 Å². The largest absolute Gasteiger partial charge is 0.366 e. The number of hydrogen-bond donors (Lipinski definition) is 0. The molecule has 0 atom stereocenters. The Kier molecular flexibility index (Phi) is 5.56. The highest BCUT2D eigenvalue weighted by Gasteiger charge is 2.25. The summed E-state index contributed by atoms with van der Waals surface area (Å²) in [5.74, 6) is 0.440. The average molecular weight is 373 g/mol. The van der Waals surface area contributed by atoms with Gasteiger partial charge in [0.15, 0.2) is 0 Å². The zero-order valence-corrected chi connectivity index (χ0v) is 15.9. The summed E-state index contributed by atoms with van der Waals surface area (Å²) in [4.78, 5) is 27.5. The van der Waals surface area contributed by atoms with Gasteiger partial charge in [0.25, 0.3) is 11.6 Å². The van der Waals surface area contributed by atoms with Gasteiger partial charge >= 0.3 is 0 Å². The van der Waals surface area contributed by atoms with Gasteiger partial charge in [-0.05, 0) is 53.3 Å². The summed E-state index contributed by atoms with van der Waals surface area (Å²) in [5.41, 5.74) is 2.02. The van der Waals surface area contributed by atoms with Crippen LogP contribution in [0, 0.1) is 16.0 Å². The van der Waals surface area contributed by atoms with Gasteiger partial charge in [0.2, 0.25) is 0 Å². The summed E-state index contributed by atoms with van der Waals surface area (Å²) < 4.78 is 0. The van der Waals surface area contributed by atoms with Crippen molar-refractivity contribution in [1.82, 2.24) is 4.90 Å². The topological polar surface area (TPSA) is 66.7 Å². The quantitative estimate of drug-likeness (QED) is 0.583. The van der Waals surface area contributed by atoms with Crippen LogP contribution in [0.25, 0.3) is 0 Å². The fourth-order valence-electron chi connectivity index (χ4n) is 3.27. The summed E-state index contributed by atoms with van der Waals surface area (Å²) >= 11 is 1.58. The van der Waals surface area contributed by atoms with Gasteiger partial charge in [-0.15, -0.1) is 0 Å². The number of amides is 1. The van der Waals surface area contributed by atoms with Crippen molar-refractivity contribution in [2.75, 3.05) is 25.0 Å². The molecule has 0 unspecified atom stereocenters. The Morgan fingerprint density at radius 1 is 1.35 bits per heavy atom. The van der Waals surface area contributed by atoms with Crippen molar-refractivity contribution >= 4 is 28.6 Å².